The number of guanidine groups is 1. The topological polar surface area (TPSA) is 163 Å². The van der Waals surface area contributed by atoms with Gasteiger partial charge in [-0.15, -0.1) is 0 Å². The van der Waals surface area contributed by atoms with Crippen LogP contribution in [0.15, 0.2) is 35.3 Å². The average Bonchev–Trinajstić information content (AvgIpc) is 2.79. The number of nitrogens with one attached hydrogen (secondary N) is 1. The van der Waals surface area contributed by atoms with Gasteiger partial charge in [0.1, 0.15) is 6.61 Å². The number of hydrogen-bond acceptors (Lipinski definition) is 7. The maximum atomic E-state index is 13.0. The van der Waals surface area contributed by atoms with Gasteiger partial charge in [-0.25, -0.2) is 4.79 Å². The lowest BCUT2D eigenvalue weighted by Crippen LogP contribution is -2.44. The molecular formula is C25H38N4O6. The number of carbonyl (C=O) groups is 4. The van der Waals surface area contributed by atoms with Gasteiger partial charge in [-0.3, -0.25) is 19.4 Å². The fourth-order valence-corrected chi connectivity index (χ4v) is 3.39. The van der Waals surface area contributed by atoms with Crippen molar-refractivity contribution in [2.24, 2.45) is 28.3 Å². The standard InChI is InChI=1S/C25H38N4O6/c1-16(2)13-20(23(32)29-21(17(3)30)11-8-12-28-24(26)27)14-22(31)18(4)35-25(33)34-15-19-9-6-5-7-10-19/h5-7,9-10,16,18,20-21H,8,11-15H2,1-4H3,(H,29,32)(H4,26,27,28). The number of carbonyl (C=O) groups excluding carboxylic acids is 4. The molecule has 0 saturated carbocycles. The molecule has 1 amide bonds. The lowest BCUT2D eigenvalue weighted by molar-refractivity contribution is -0.135. The van der Waals surface area contributed by atoms with Gasteiger partial charge < -0.3 is 26.3 Å². The number of nitrogens with zero attached hydrogens (tertiary/aromatic N) is 1. The van der Waals surface area contributed by atoms with Crippen LogP contribution in [0.1, 0.15) is 58.9 Å². The van der Waals surface area contributed by atoms with Crippen LogP contribution in [-0.2, 0) is 30.5 Å². The minimum absolute atomic E-state index is 0.0224. The Morgan fingerprint density at radius 2 is 1.71 bits per heavy atom. The summed E-state index contributed by atoms with van der Waals surface area (Å²) in [6.45, 7) is 7.07. The largest absolute Gasteiger partial charge is 0.509 e. The van der Waals surface area contributed by atoms with Gasteiger partial charge in [0.15, 0.2) is 23.6 Å². The number of rotatable bonds is 15. The summed E-state index contributed by atoms with van der Waals surface area (Å²) in [6.07, 6.45) is -0.864. The molecule has 1 rings (SSSR count). The fraction of sp³-hybridized carbons (Fsp3) is 0.560. The molecule has 194 valence electrons. The third kappa shape index (κ3) is 12.6. The Labute approximate surface area is 206 Å². The summed E-state index contributed by atoms with van der Waals surface area (Å²) in [5.74, 6) is -1.58. The van der Waals surface area contributed by atoms with Crippen LogP contribution in [0.25, 0.3) is 0 Å². The molecule has 3 atom stereocenters. The third-order valence-electron chi connectivity index (χ3n) is 5.25. The summed E-state index contributed by atoms with van der Waals surface area (Å²) >= 11 is 0. The van der Waals surface area contributed by atoms with Gasteiger partial charge >= 0.3 is 6.16 Å². The Kier molecular flexibility index (Phi) is 13.1. The Morgan fingerprint density at radius 3 is 2.29 bits per heavy atom. The van der Waals surface area contributed by atoms with E-state index in [-0.39, 0.29) is 30.7 Å². The van der Waals surface area contributed by atoms with Crippen LogP contribution in [0, 0.1) is 11.8 Å². The molecule has 5 N–H and O–H groups in total. The van der Waals surface area contributed by atoms with Crippen molar-refractivity contribution < 1.29 is 28.7 Å². The maximum Gasteiger partial charge on any atom is 0.509 e. The van der Waals surface area contributed by atoms with Crippen molar-refractivity contribution in [1.82, 2.24) is 5.32 Å². The zero-order chi connectivity index (χ0) is 26.4. The molecule has 0 aromatic heterocycles. The van der Waals surface area contributed by atoms with Gasteiger partial charge in [-0.2, -0.15) is 0 Å². The number of ether oxygens (including phenoxy) is 2. The normalized spacial score (nSPS) is 13.3. The molecule has 0 radical (unpaired) electrons. The van der Waals surface area contributed by atoms with E-state index >= 15 is 0 Å². The second-order valence-corrected chi connectivity index (χ2v) is 8.90. The minimum atomic E-state index is -1.08. The molecule has 1 aromatic rings. The van der Waals surface area contributed by atoms with E-state index in [1.807, 2.05) is 32.0 Å². The molecule has 0 heterocycles. The van der Waals surface area contributed by atoms with Gasteiger partial charge in [-0.05, 0) is 44.6 Å². The Hall–Kier alpha value is -3.43. The molecule has 0 spiro atoms. The van der Waals surface area contributed by atoms with Crippen molar-refractivity contribution in [3.05, 3.63) is 35.9 Å². The molecule has 0 aliphatic carbocycles. The zero-order valence-electron chi connectivity index (χ0n) is 21.0. The quantitative estimate of drug-likeness (QED) is 0.146. The van der Waals surface area contributed by atoms with Crippen LogP contribution >= 0.6 is 0 Å². The summed E-state index contributed by atoms with van der Waals surface area (Å²) in [6, 6.07) is 8.37. The van der Waals surface area contributed by atoms with E-state index in [0.29, 0.717) is 25.8 Å². The van der Waals surface area contributed by atoms with E-state index in [4.69, 9.17) is 20.9 Å². The summed E-state index contributed by atoms with van der Waals surface area (Å²) in [5, 5.41) is 2.75. The van der Waals surface area contributed by atoms with Crippen molar-refractivity contribution in [2.45, 2.75) is 72.1 Å². The van der Waals surface area contributed by atoms with Crippen molar-refractivity contribution in [3.8, 4) is 0 Å². The number of amides is 1. The smallest absolute Gasteiger partial charge is 0.429 e. The third-order valence-corrected chi connectivity index (χ3v) is 5.25. The molecule has 0 saturated heterocycles. The molecular weight excluding hydrogens is 452 g/mol. The second kappa shape index (κ2) is 15.5. The molecule has 10 heteroatoms. The van der Waals surface area contributed by atoms with Gasteiger partial charge in [0, 0.05) is 18.9 Å². The Balaban J connectivity index is 2.67. The van der Waals surface area contributed by atoms with Crippen molar-refractivity contribution in [1.29, 1.82) is 0 Å². The average molecular weight is 491 g/mol. The first-order valence-corrected chi connectivity index (χ1v) is 11.8. The second-order valence-electron chi connectivity index (χ2n) is 8.90. The van der Waals surface area contributed by atoms with Crippen LogP contribution in [0.5, 0.6) is 0 Å². The van der Waals surface area contributed by atoms with Gasteiger partial charge in [-0.1, -0.05) is 44.2 Å². The van der Waals surface area contributed by atoms with Crippen LogP contribution in [0.4, 0.5) is 4.79 Å². The van der Waals surface area contributed by atoms with Gasteiger partial charge in [0.2, 0.25) is 5.91 Å². The number of aliphatic imine (C=N–C) groups is 1. The Morgan fingerprint density at radius 1 is 1.06 bits per heavy atom. The number of Topliss-reactive ketones (excluding diaryl/α,β-unsaturated/α-hetero) is 2. The van der Waals surface area contributed by atoms with E-state index in [9.17, 15) is 19.2 Å². The molecule has 0 aliphatic rings. The molecule has 10 nitrogen and oxygen atoms in total. The first kappa shape index (κ1) is 29.6. The zero-order valence-corrected chi connectivity index (χ0v) is 21.0. The molecule has 0 bridgehead atoms. The number of hydrogen-bond donors (Lipinski definition) is 3. The fourth-order valence-electron chi connectivity index (χ4n) is 3.39. The monoisotopic (exact) mass is 490 g/mol. The van der Waals surface area contributed by atoms with Gasteiger partial charge in [0.25, 0.3) is 0 Å². The lowest BCUT2D eigenvalue weighted by atomic mass is 9.90. The highest BCUT2D eigenvalue weighted by Gasteiger charge is 2.29. The lowest BCUT2D eigenvalue weighted by Gasteiger charge is -2.23. The van der Waals surface area contributed by atoms with Crippen LogP contribution < -0.4 is 16.8 Å². The first-order valence-electron chi connectivity index (χ1n) is 11.8. The van der Waals surface area contributed by atoms with E-state index in [2.05, 4.69) is 10.3 Å². The first-order chi connectivity index (χ1) is 16.5. The summed E-state index contributed by atoms with van der Waals surface area (Å²) in [4.78, 5) is 53.6. The summed E-state index contributed by atoms with van der Waals surface area (Å²) in [5.41, 5.74) is 11.4. The van der Waals surface area contributed by atoms with Crippen molar-refractivity contribution in [2.75, 3.05) is 6.54 Å². The number of nitrogens with two attached hydrogens (primary N) is 2. The van der Waals surface area contributed by atoms with E-state index in [1.54, 1.807) is 12.1 Å². The predicted octanol–water partition coefficient (Wildman–Crippen LogP) is 2.48. The van der Waals surface area contributed by atoms with E-state index < -0.39 is 35.9 Å². The number of ketones is 2. The molecule has 0 fully saturated rings. The minimum Gasteiger partial charge on any atom is -0.429 e. The van der Waals surface area contributed by atoms with Crippen LogP contribution in [0.3, 0.4) is 0 Å². The van der Waals surface area contributed by atoms with Crippen LogP contribution in [0.2, 0.25) is 0 Å². The van der Waals surface area contributed by atoms with Gasteiger partial charge in [0.05, 0.1) is 6.04 Å². The highest BCUT2D eigenvalue weighted by atomic mass is 16.7. The predicted molar refractivity (Wildman–Crippen MR) is 132 cm³/mol. The van der Waals surface area contributed by atoms with Crippen molar-refractivity contribution in [3.63, 3.8) is 0 Å². The molecule has 1 aromatic carbocycles. The SMILES string of the molecule is CC(=O)C(CCCN=C(N)N)NC(=O)C(CC(=O)C(C)OC(=O)OCc1ccccc1)CC(C)C. The summed E-state index contributed by atoms with van der Waals surface area (Å²) < 4.78 is 10.1. The highest BCUT2D eigenvalue weighted by Crippen LogP contribution is 2.19. The highest BCUT2D eigenvalue weighted by molar-refractivity contribution is 5.92. The van der Waals surface area contributed by atoms with Crippen molar-refractivity contribution >= 4 is 29.6 Å². The summed E-state index contributed by atoms with van der Waals surface area (Å²) in [7, 11) is 0. The molecule has 35 heavy (non-hydrogen) atoms. The molecule has 0 aliphatic heterocycles. The van der Waals surface area contributed by atoms with E-state index in [0.717, 1.165) is 5.56 Å². The van der Waals surface area contributed by atoms with Crippen LogP contribution in [-0.4, -0.2) is 48.3 Å². The Bertz CT molecular complexity index is 868. The molecule has 3 unspecified atom stereocenters. The van der Waals surface area contributed by atoms with E-state index in [1.165, 1.54) is 13.8 Å². The maximum absolute atomic E-state index is 13.0. The number of benzene rings is 1.